The van der Waals surface area contributed by atoms with Crippen LogP contribution in [0.1, 0.15) is 15.9 Å². The summed E-state index contributed by atoms with van der Waals surface area (Å²) in [7, 11) is 0. The number of halogens is 1. The van der Waals surface area contributed by atoms with E-state index in [1.807, 2.05) is 18.2 Å². The zero-order chi connectivity index (χ0) is 20.4. The molecule has 0 spiro atoms. The van der Waals surface area contributed by atoms with Gasteiger partial charge in [-0.1, -0.05) is 48.0 Å². The van der Waals surface area contributed by atoms with Crippen LogP contribution in [0.2, 0.25) is 5.02 Å². The number of hydrogen-bond donors (Lipinski definition) is 2. The van der Waals surface area contributed by atoms with Crippen molar-refractivity contribution >= 4 is 28.4 Å². The van der Waals surface area contributed by atoms with Gasteiger partial charge in [-0.3, -0.25) is 9.59 Å². The highest BCUT2D eigenvalue weighted by atomic mass is 35.5. The predicted molar refractivity (Wildman–Crippen MR) is 113 cm³/mol. The normalized spacial score (nSPS) is 10.8. The predicted octanol–water partition coefficient (Wildman–Crippen LogP) is 3.26. The van der Waals surface area contributed by atoms with Crippen molar-refractivity contribution in [3.63, 3.8) is 0 Å². The van der Waals surface area contributed by atoms with Crippen LogP contribution in [0.4, 0.5) is 0 Å². The van der Waals surface area contributed by atoms with Crippen molar-refractivity contribution in [1.82, 2.24) is 14.9 Å². The average molecular weight is 406 g/mol. The molecular formula is C22H16ClN3O3. The summed E-state index contributed by atoms with van der Waals surface area (Å²) in [5, 5.41) is 3.67. The SMILES string of the molecule is O=C(NCc1ccccc1Cl)c1ccc2c(=O)n(-c3ccccc3)c(=O)[nH]c2c1. The van der Waals surface area contributed by atoms with Gasteiger partial charge in [0.15, 0.2) is 0 Å². The summed E-state index contributed by atoms with van der Waals surface area (Å²) in [5.41, 5.74) is 0.889. The smallest absolute Gasteiger partial charge is 0.333 e. The standard InChI is InChI=1S/C22H16ClN3O3/c23-18-9-5-4-6-15(18)13-24-20(27)14-10-11-17-19(12-14)25-22(29)26(21(17)28)16-7-2-1-3-8-16/h1-12H,13H2,(H,24,27)(H,25,29). The lowest BCUT2D eigenvalue weighted by Crippen LogP contribution is -2.33. The number of carbonyl (C=O) groups excluding carboxylic acids is 1. The van der Waals surface area contributed by atoms with Gasteiger partial charge >= 0.3 is 5.69 Å². The lowest BCUT2D eigenvalue weighted by molar-refractivity contribution is 0.0951. The zero-order valence-electron chi connectivity index (χ0n) is 15.2. The Hall–Kier alpha value is -3.64. The average Bonchev–Trinajstić information content (AvgIpc) is 2.73. The number of benzene rings is 3. The van der Waals surface area contributed by atoms with Crippen molar-refractivity contribution in [3.8, 4) is 5.69 Å². The summed E-state index contributed by atoms with van der Waals surface area (Å²) >= 11 is 6.10. The summed E-state index contributed by atoms with van der Waals surface area (Å²) in [5.74, 6) is -0.333. The monoisotopic (exact) mass is 405 g/mol. The minimum Gasteiger partial charge on any atom is -0.348 e. The topological polar surface area (TPSA) is 84.0 Å². The number of nitrogens with zero attached hydrogens (tertiary/aromatic N) is 1. The van der Waals surface area contributed by atoms with Gasteiger partial charge in [-0.25, -0.2) is 9.36 Å². The maximum Gasteiger partial charge on any atom is 0.333 e. The summed E-state index contributed by atoms with van der Waals surface area (Å²) in [6.45, 7) is 0.267. The van der Waals surface area contributed by atoms with Gasteiger partial charge in [0.25, 0.3) is 11.5 Å². The molecule has 0 fully saturated rings. The molecule has 0 atom stereocenters. The van der Waals surface area contributed by atoms with Crippen molar-refractivity contribution in [2.75, 3.05) is 0 Å². The van der Waals surface area contributed by atoms with Crippen LogP contribution in [-0.2, 0) is 6.54 Å². The molecule has 29 heavy (non-hydrogen) atoms. The number of aromatic amines is 1. The van der Waals surface area contributed by atoms with Crippen LogP contribution in [0.25, 0.3) is 16.6 Å². The first-order valence-electron chi connectivity index (χ1n) is 8.91. The number of hydrogen-bond acceptors (Lipinski definition) is 3. The molecule has 4 aromatic rings. The molecule has 1 aromatic heterocycles. The van der Waals surface area contributed by atoms with E-state index in [-0.39, 0.29) is 12.5 Å². The highest BCUT2D eigenvalue weighted by Crippen LogP contribution is 2.15. The molecular weight excluding hydrogens is 390 g/mol. The Labute approximate surface area is 170 Å². The lowest BCUT2D eigenvalue weighted by atomic mass is 10.1. The van der Waals surface area contributed by atoms with E-state index < -0.39 is 11.2 Å². The number of amides is 1. The van der Waals surface area contributed by atoms with E-state index in [1.54, 1.807) is 42.5 Å². The minimum absolute atomic E-state index is 0.267. The molecule has 144 valence electrons. The van der Waals surface area contributed by atoms with Crippen molar-refractivity contribution in [1.29, 1.82) is 0 Å². The van der Waals surface area contributed by atoms with Crippen LogP contribution < -0.4 is 16.6 Å². The Morgan fingerprint density at radius 3 is 2.45 bits per heavy atom. The first-order chi connectivity index (χ1) is 14.0. The Morgan fingerprint density at radius 2 is 1.69 bits per heavy atom. The molecule has 4 rings (SSSR count). The highest BCUT2D eigenvalue weighted by molar-refractivity contribution is 6.31. The maximum absolute atomic E-state index is 12.8. The molecule has 0 saturated heterocycles. The number of rotatable bonds is 4. The number of H-pyrrole nitrogens is 1. The quantitative estimate of drug-likeness (QED) is 0.546. The Bertz CT molecular complexity index is 1330. The van der Waals surface area contributed by atoms with E-state index in [4.69, 9.17) is 11.6 Å². The molecule has 6 nitrogen and oxygen atoms in total. The minimum atomic E-state index is -0.567. The summed E-state index contributed by atoms with van der Waals surface area (Å²) in [4.78, 5) is 40.5. The van der Waals surface area contributed by atoms with E-state index in [0.717, 1.165) is 10.1 Å². The van der Waals surface area contributed by atoms with Gasteiger partial charge in [0.05, 0.1) is 16.6 Å². The molecule has 0 bridgehead atoms. The van der Waals surface area contributed by atoms with Gasteiger partial charge in [0, 0.05) is 17.1 Å². The molecule has 0 saturated carbocycles. The van der Waals surface area contributed by atoms with Crippen LogP contribution >= 0.6 is 11.6 Å². The van der Waals surface area contributed by atoms with Crippen LogP contribution in [0, 0.1) is 0 Å². The Morgan fingerprint density at radius 1 is 0.966 bits per heavy atom. The summed E-state index contributed by atoms with van der Waals surface area (Å²) < 4.78 is 1.07. The van der Waals surface area contributed by atoms with Crippen molar-refractivity contribution in [2.24, 2.45) is 0 Å². The molecule has 2 N–H and O–H groups in total. The molecule has 0 aliphatic rings. The van der Waals surface area contributed by atoms with Gasteiger partial charge in [0.1, 0.15) is 0 Å². The Kier molecular flexibility index (Phi) is 5.01. The van der Waals surface area contributed by atoms with E-state index in [1.165, 1.54) is 12.1 Å². The third-order valence-corrected chi connectivity index (χ3v) is 4.94. The van der Waals surface area contributed by atoms with Crippen LogP contribution in [-0.4, -0.2) is 15.5 Å². The molecule has 1 amide bonds. The van der Waals surface area contributed by atoms with E-state index in [9.17, 15) is 14.4 Å². The number of nitrogens with one attached hydrogen (secondary N) is 2. The molecule has 0 unspecified atom stereocenters. The van der Waals surface area contributed by atoms with Crippen molar-refractivity contribution < 1.29 is 4.79 Å². The summed E-state index contributed by atoms with van der Waals surface area (Å²) in [6.07, 6.45) is 0. The van der Waals surface area contributed by atoms with Crippen molar-refractivity contribution in [3.05, 3.63) is 110 Å². The van der Waals surface area contributed by atoms with Gasteiger partial charge in [-0.2, -0.15) is 0 Å². The van der Waals surface area contributed by atoms with E-state index in [2.05, 4.69) is 10.3 Å². The second-order valence-corrected chi connectivity index (χ2v) is 6.85. The first-order valence-corrected chi connectivity index (χ1v) is 9.28. The molecule has 1 heterocycles. The fourth-order valence-electron chi connectivity index (χ4n) is 3.09. The fourth-order valence-corrected chi connectivity index (χ4v) is 3.29. The zero-order valence-corrected chi connectivity index (χ0v) is 15.9. The van der Waals surface area contributed by atoms with Gasteiger partial charge in [0.2, 0.25) is 0 Å². The number of aromatic nitrogens is 2. The molecule has 0 aliphatic heterocycles. The van der Waals surface area contributed by atoms with Crippen LogP contribution in [0.5, 0.6) is 0 Å². The lowest BCUT2D eigenvalue weighted by Gasteiger charge is -2.09. The van der Waals surface area contributed by atoms with Gasteiger partial charge < -0.3 is 10.3 Å². The highest BCUT2D eigenvalue weighted by Gasteiger charge is 2.12. The second-order valence-electron chi connectivity index (χ2n) is 6.44. The van der Waals surface area contributed by atoms with Gasteiger partial charge in [-0.15, -0.1) is 0 Å². The molecule has 7 heteroatoms. The third-order valence-electron chi connectivity index (χ3n) is 4.57. The third kappa shape index (κ3) is 3.70. The van der Waals surface area contributed by atoms with Crippen molar-refractivity contribution in [2.45, 2.75) is 6.54 Å². The van der Waals surface area contributed by atoms with Crippen LogP contribution in [0.3, 0.4) is 0 Å². The summed E-state index contributed by atoms with van der Waals surface area (Å²) in [6, 6.07) is 20.5. The molecule has 0 radical (unpaired) electrons. The number of carbonyl (C=O) groups is 1. The van der Waals surface area contributed by atoms with E-state index in [0.29, 0.717) is 27.2 Å². The van der Waals surface area contributed by atoms with Crippen LogP contribution in [0.15, 0.2) is 82.4 Å². The fraction of sp³-hybridized carbons (Fsp3) is 0.0455. The maximum atomic E-state index is 12.8. The molecule has 0 aliphatic carbocycles. The second kappa shape index (κ2) is 7.77. The van der Waals surface area contributed by atoms with E-state index >= 15 is 0 Å². The largest absolute Gasteiger partial charge is 0.348 e. The number of fused-ring (bicyclic) bond motifs is 1. The first kappa shape index (κ1) is 18.7. The number of para-hydroxylation sites is 1. The van der Waals surface area contributed by atoms with Gasteiger partial charge in [-0.05, 0) is 42.0 Å². The molecule has 3 aromatic carbocycles. The Balaban J connectivity index is 1.66.